The first-order valence-corrected chi connectivity index (χ1v) is 7.87. The molecule has 0 radical (unpaired) electrons. The van der Waals surface area contributed by atoms with Gasteiger partial charge in [-0.05, 0) is 12.1 Å². The van der Waals surface area contributed by atoms with Crippen LogP contribution in [0.2, 0.25) is 0 Å². The van der Waals surface area contributed by atoms with Crippen molar-refractivity contribution in [1.82, 2.24) is 24.7 Å². The Bertz CT molecular complexity index is 1230. The lowest BCUT2D eigenvalue weighted by atomic mass is 10.1. The number of aliphatic hydroxyl groups is 1. The molecule has 0 aliphatic heterocycles. The third kappa shape index (κ3) is 2.83. The zero-order valence-electron chi connectivity index (χ0n) is 13.7. The van der Waals surface area contributed by atoms with Gasteiger partial charge in [-0.1, -0.05) is 12.1 Å². The summed E-state index contributed by atoms with van der Waals surface area (Å²) >= 11 is 0. The average Bonchev–Trinajstić information content (AvgIpc) is 3.17. The molecule has 0 saturated heterocycles. The van der Waals surface area contributed by atoms with E-state index in [0.717, 1.165) is 4.68 Å². The van der Waals surface area contributed by atoms with Gasteiger partial charge in [0.1, 0.15) is 11.2 Å². The number of H-pyrrole nitrogens is 1. The minimum atomic E-state index is -0.505. The molecule has 10 nitrogen and oxygen atoms in total. The normalized spacial score (nSPS) is 11.0. The Labute approximate surface area is 150 Å². The maximum atomic E-state index is 12.8. The molecule has 3 aromatic heterocycles. The second kappa shape index (κ2) is 6.42. The van der Waals surface area contributed by atoms with Crippen LogP contribution in [0.1, 0.15) is 5.69 Å². The zero-order valence-corrected chi connectivity index (χ0v) is 13.7. The first-order valence-electron chi connectivity index (χ1n) is 7.87. The van der Waals surface area contributed by atoms with Crippen LogP contribution in [-0.2, 0) is 6.61 Å². The molecule has 0 aliphatic carbocycles. The maximum absolute atomic E-state index is 12.8. The number of nitro benzene ring substituents is 1. The van der Waals surface area contributed by atoms with Gasteiger partial charge in [-0.3, -0.25) is 19.9 Å². The number of nitrogens with zero attached hydrogens (tertiary/aromatic N) is 5. The molecule has 134 valence electrons. The third-order valence-corrected chi connectivity index (χ3v) is 3.97. The highest BCUT2D eigenvalue weighted by Crippen LogP contribution is 2.26. The SMILES string of the molecule is O=c1c2cccnc2c(-c2cccc([N+](=O)[O-])c2)nn1-c1nc(CO)c[nH]1. The number of fused-ring (bicyclic) bond motifs is 1. The zero-order chi connectivity index (χ0) is 19.0. The van der Waals surface area contributed by atoms with Gasteiger partial charge < -0.3 is 10.1 Å². The summed E-state index contributed by atoms with van der Waals surface area (Å²) in [6.07, 6.45) is 2.98. The number of aliphatic hydroxyl groups excluding tert-OH is 1. The lowest BCUT2D eigenvalue weighted by molar-refractivity contribution is -0.384. The number of hydrogen-bond acceptors (Lipinski definition) is 7. The second-order valence-electron chi connectivity index (χ2n) is 5.65. The Morgan fingerprint density at radius 3 is 2.85 bits per heavy atom. The molecule has 0 amide bonds. The lowest BCUT2D eigenvalue weighted by Crippen LogP contribution is -2.23. The van der Waals surface area contributed by atoms with Crippen LogP contribution in [0.25, 0.3) is 28.1 Å². The molecule has 0 spiro atoms. The standard InChI is InChI=1S/C17H12N6O4/c24-9-11-8-19-17(20-11)22-16(25)13-5-2-6-18-15(13)14(21-22)10-3-1-4-12(7-10)23(26)27/h1-8,24H,9H2,(H,19,20). The van der Waals surface area contributed by atoms with E-state index in [0.29, 0.717) is 22.5 Å². The third-order valence-electron chi connectivity index (χ3n) is 3.97. The van der Waals surface area contributed by atoms with Gasteiger partial charge in [0.05, 0.1) is 22.6 Å². The van der Waals surface area contributed by atoms with Crippen molar-refractivity contribution in [1.29, 1.82) is 0 Å². The van der Waals surface area contributed by atoms with Crippen LogP contribution in [0.3, 0.4) is 0 Å². The number of pyridine rings is 1. The summed E-state index contributed by atoms with van der Waals surface area (Å²) in [6, 6.07) is 9.14. The van der Waals surface area contributed by atoms with Crippen molar-refractivity contribution in [2.24, 2.45) is 0 Å². The largest absolute Gasteiger partial charge is 0.390 e. The quantitative estimate of drug-likeness (QED) is 0.414. The van der Waals surface area contributed by atoms with Gasteiger partial charge >= 0.3 is 0 Å². The van der Waals surface area contributed by atoms with Gasteiger partial charge in [-0.2, -0.15) is 9.78 Å². The van der Waals surface area contributed by atoms with Crippen LogP contribution in [-0.4, -0.2) is 34.8 Å². The molecule has 1 aromatic carbocycles. The number of hydrogen-bond donors (Lipinski definition) is 2. The number of nitro groups is 1. The summed E-state index contributed by atoms with van der Waals surface area (Å²) < 4.78 is 1.05. The van der Waals surface area contributed by atoms with Crippen molar-refractivity contribution in [2.75, 3.05) is 0 Å². The van der Waals surface area contributed by atoms with E-state index < -0.39 is 10.5 Å². The van der Waals surface area contributed by atoms with E-state index in [4.69, 9.17) is 0 Å². The highest BCUT2D eigenvalue weighted by Gasteiger charge is 2.17. The van der Waals surface area contributed by atoms with Crippen molar-refractivity contribution in [3.63, 3.8) is 0 Å². The molecule has 4 rings (SSSR count). The summed E-state index contributed by atoms with van der Waals surface area (Å²) in [5, 5.41) is 24.9. The van der Waals surface area contributed by atoms with Crippen molar-refractivity contribution < 1.29 is 10.0 Å². The van der Waals surface area contributed by atoms with Gasteiger partial charge in [0.25, 0.3) is 11.2 Å². The highest BCUT2D eigenvalue weighted by molar-refractivity contribution is 5.90. The first-order chi connectivity index (χ1) is 13.1. The molecule has 0 atom stereocenters. The minimum absolute atomic E-state index is 0.100. The van der Waals surface area contributed by atoms with Gasteiger partial charge in [0.2, 0.25) is 5.95 Å². The smallest absolute Gasteiger partial charge is 0.283 e. The first kappa shape index (κ1) is 16.5. The van der Waals surface area contributed by atoms with E-state index in [2.05, 4.69) is 20.1 Å². The molecule has 10 heteroatoms. The molecule has 3 heterocycles. The van der Waals surface area contributed by atoms with Crippen molar-refractivity contribution in [2.45, 2.75) is 6.61 Å². The number of imidazole rings is 1. The summed E-state index contributed by atoms with van der Waals surface area (Å²) in [5.41, 5.74) is 0.865. The second-order valence-corrected chi connectivity index (χ2v) is 5.65. The molecule has 27 heavy (non-hydrogen) atoms. The number of benzene rings is 1. The fourth-order valence-electron chi connectivity index (χ4n) is 2.72. The van der Waals surface area contributed by atoms with E-state index in [-0.39, 0.29) is 23.6 Å². The van der Waals surface area contributed by atoms with Crippen LogP contribution in [0, 0.1) is 10.1 Å². The molecule has 4 aromatic rings. The number of aromatic amines is 1. The van der Waals surface area contributed by atoms with Crippen LogP contribution >= 0.6 is 0 Å². The topological polar surface area (TPSA) is 140 Å². The van der Waals surface area contributed by atoms with E-state index in [9.17, 15) is 20.0 Å². The van der Waals surface area contributed by atoms with E-state index >= 15 is 0 Å². The van der Waals surface area contributed by atoms with E-state index in [1.165, 1.54) is 30.6 Å². The monoisotopic (exact) mass is 364 g/mol. The van der Waals surface area contributed by atoms with Gasteiger partial charge in [-0.15, -0.1) is 0 Å². The maximum Gasteiger partial charge on any atom is 0.283 e. The average molecular weight is 364 g/mol. The van der Waals surface area contributed by atoms with Crippen LogP contribution in [0.4, 0.5) is 5.69 Å². The predicted octanol–water partition coefficient (Wildman–Crippen LogP) is 1.57. The fourth-order valence-corrected chi connectivity index (χ4v) is 2.72. The number of aromatic nitrogens is 5. The van der Waals surface area contributed by atoms with Gasteiger partial charge in [0.15, 0.2) is 0 Å². The Hall–Kier alpha value is -3.92. The Morgan fingerprint density at radius 2 is 2.11 bits per heavy atom. The fraction of sp³-hybridized carbons (Fsp3) is 0.0588. The summed E-state index contributed by atoms with van der Waals surface area (Å²) in [7, 11) is 0. The van der Waals surface area contributed by atoms with E-state index in [1.54, 1.807) is 18.2 Å². The van der Waals surface area contributed by atoms with E-state index in [1.807, 2.05) is 0 Å². The van der Waals surface area contributed by atoms with Crippen molar-refractivity contribution in [3.8, 4) is 17.2 Å². The number of non-ortho nitro benzene ring substituents is 1. The molecular formula is C17H12N6O4. The van der Waals surface area contributed by atoms with Crippen LogP contribution in [0.15, 0.2) is 53.6 Å². The summed E-state index contributed by atoms with van der Waals surface area (Å²) in [6.45, 7) is -0.294. The Morgan fingerprint density at radius 1 is 1.26 bits per heavy atom. The van der Waals surface area contributed by atoms with Crippen molar-refractivity contribution in [3.05, 3.63) is 75.0 Å². The summed E-state index contributed by atoms with van der Waals surface area (Å²) in [4.78, 5) is 34.5. The molecule has 0 fully saturated rings. The molecule has 0 unspecified atom stereocenters. The van der Waals surface area contributed by atoms with Crippen molar-refractivity contribution >= 4 is 16.6 Å². The molecule has 0 aliphatic rings. The highest BCUT2D eigenvalue weighted by atomic mass is 16.6. The van der Waals surface area contributed by atoms with Gasteiger partial charge in [0, 0.05) is 30.1 Å². The van der Waals surface area contributed by atoms with Crippen LogP contribution < -0.4 is 5.56 Å². The van der Waals surface area contributed by atoms with Gasteiger partial charge in [-0.25, -0.2) is 4.98 Å². The molecule has 0 saturated carbocycles. The lowest BCUT2D eigenvalue weighted by Gasteiger charge is -2.08. The number of rotatable bonds is 4. The number of nitrogens with one attached hydrogen (secondary N) is 1. The summed E-state index contributed by atoms with van der Waals surface area (Å²) in [5.74, 6) is 0.126. The molecule has 2 N–H and O–H groups in total. The molecular weight excluding hydrogens is 352 g/mol. The Balaban J connectivity index is 2.03. The minimum Gasteiger partial charge on any atom is -0.390 e. The predicted molar refractivity (Wildman–Crippen MR) is 95.3 cm³/mol. The van der Waals surface area contributed by atoms with Crippen LogP contribution in [0.5, 0.6) is 0 Å². The molecule has 0 bridgehead atoms. The Kier molecular flexibility index (Phi) is 3.94.